The lowest BCUT2D eigenvalue weighted by atomic mass is 10.3. The van der Waals surface area contributed by atoms with Gasteiger partial charge in [0.2, 0.25) is 0 Å². The summed E-state index contributed by atoms with van der Waals surface area (Å²) in [5.74, 6) is -0.343. The van der Waals surface area contributed by atoms with Crippen LogP contribution in [0.4, 0.5) is 14.9 Å². The predicted octanol–water partition coefficient (Wildman–Crippen LogP) is 4.31. The molecule has 2 aromatic carbocycles. The van der Waals surface area contributed by atoms with Crippen LogP contribution in [0, 0.1) is 5.82 Å². The third-order valence-electron chi connectivity index (χ3n) is 2.16. The van der Waals surface area contributed by atoms with Gasteiger partial charge in [-0.1, -0.05) is 17.7 Å². The highest BCUT2D eigenvalue weighted by Gasteiger charge is 2.03. The first kappa shape index (κ1) is 13.7. The number of hydrogen-bond acceptors (Lipinski definition) is 2. The van der Waals surface area contributed by atoms with Crippen molar-refractivity contribution in [1.29, 1.82) is 0 Å². The molecule has 3 nitrogen and oxygen atoms in total. The summed E-state index contributed by atoms with van der Waals surface area (Å²) in [6.07, 6.45) is 0. The number of hydrogen-bond donors (Lipinski definition) is 2. The van der Waals surface area contributed by atoms with Crippen molar-refractivity contribution in [3.05, 3.63) is 59.4 Å². The SMILES string of the molecule is O=C(NSc1cccc(F)c1)Nc1ccc(Cl)cc1. The topological polar surface area (TPSA) is 41.1 Å². The van der Waals surface area contributed by atoms with Crippen LogP contribution >= 0.6 is 23.5 Å². The minimum Gasteiger partial charge on any atom is -0.307 e. The lowest BCUT2D eigenvalue weighted by molar-refractivity contribution is 0.257. The van der Waals surface area contributed by atoms with Crippen molar-refractivity contribution in [3.63, 3.8) is 0 Å². The van der Waals surface area contributed by atoms with Gasteiger partial charge < -0.3 is 5.32 Å². The fourth-order valence-electron chi connectivity index (χ4n) is 1.33. The maximum absolute atomic E-state index is 12.9. The minimum atomic E-state index is -0.392. The molecule has 6 heteroatoms. The third-order valence-corrected chi connectivity index (χ3v) is 3.19. The Kier molecular flexibility index (Phi) is 4.65. The summed E-state index contributed by atoms with van der Waals surface area (Å²) in [7, 11) is 0. The van der Waals surface area contributed by atoms with Gasteiger partial charge in [-0.05, 0) is 54.4 Å². The van der Waals surface area contributed by atoms with E-state index in [1.54, 1.807) is 36.4 Å². The van der Waals surface area contributed by atoms with Crippen molar-refractivity contribution in [3.8, 4) is 0 Å². The van der Waals surface area contributed by atoms with Crippen LogP contribution in [-0.4, -0.2) is 6.03 Å². The summed E-state index contributed by atoms with van der Waals surface area (Å²) < 4.78 is 15.5. The molecule has 2 aromatic rings. The molecular formula is C13H10ClFN2OS. The minimum absolute atomic E-state index is 0.343. The maximum atomic E-state index is 12.9. The first-order chi connectivity index (χ1) is 9.13. The van der Waals surface area contributed by atoms with Crippen LogP contribution in [0.25, 0.3) is 0 Å². The Hall–Kier alpha value is -1.72. The van der Waals surface area contributed by atoms with Crippen molar-refractivity contribution in [2.24, 2.45) is 0 Å². The van der Waals surface area contributed by atoms with E-state index in [0.717, 1.165) is 11.9 Å². The van der Waals surface area contributed by atoms with Crippen molar-refractivity contribution in [2.45, 2.75) is 4.90 Å². The molecule has 0 aliphatic heterocycles. The molecule has 0 saturated heterocycles. The second kappa shape index (κ2) is 6.45. The smallest absolute Gasteiger partial charge is 0.307 e. The van der Waals surface area contributed by atoms with Crippen LogP contribution in [-0.2, 0) is 0 Å². The average Bonchev–Trinajstić information content (AvgIpc) is 2.39. The van der Waals surface area contributed by atoms with Crippen molar-refractivity contribution >= 4 is 35.3 Å². The Bertz CT molecular complexity index is 577. The fourth-order valence-corrected chi connectivity index (χ4v) is 2.03. The molecule has 0 saturated carbocycles. The van der Waals surface area contributed by atoms with Crippen molar-refractivity contribution in [2.75, 3.05) is 5.32 Å². The molecular weight excluding hydrogens is 287 g/mol. The number of anilines is 1. The summed E-state index contributed by atoms with van der Waals surface area (Å²) in [4.78, 5) is 12.2. The highest BCUT2D eigenvalue weighted by atomic mass is 35.5. The lowest BCUT2D eigenvalue weighted by Gasteiger charge is -2.06. The van der Waals surface area contributed by atoms with Gasteiger partial charge in [0.25, 0.3) is 0 Å². The van der Waals surface area contributed by atoms with Crippen LogP contribution in [0.5, 0.6) is 0 Å². The monoisotopic (exact) mass is 296 g/mol. The molecule has 0 aliphatic carbocycles. The zero-order valence-electron chi connectivity index (χ0n) is 9.69. The molecule has 0 heterocycles. The summed E-state index contributed by atoms with van der Waals surface area (Å²) in [6, 6.07) is 12.3. The molecule has 19 heavy (non-hydrogen) atoms. The maximum Gasteiger partial charge on any atom is 0.329 e. The molecule has 0 unspecified atom stereocenters. The number of benzene rings is 2. The lowest BCUT2D eigenvalue weighted by Crippen LogP contribution is -2.22. The Morgan fingerprint density at radius 3 is 2.58 bits per heavy atom. The average molecular weight is 297 g/mol. The van der Waals surface area contributed by atoms with E-state index >= 15 is 0 Å². The normalized spacial score (nSPS) is 10.0. The Morgan fingerprint density at radius 1 is 1.16 bits per heavy atom. The van der Waals surface area contributed by atoms with Crippen LogP contribution in [0.3, 0.4) is 0 Å². The third kappa shape index (κ3) is 4.46. The Labute approximate surface area is 119 Å². The molecule has 0 aromatic heterocycles. The van der Waals surface area contributed by atoms with Gasteiger partial charge in [0.15, 0.2) is 0 Å². The quantitative estimate of drug-likeness (QED) is 0.829. The first-order valence-corrected chi connectivity index (χ1v) is 6.58. The van der Waals surface area contributed by atoms with Gasteiger partial charge in [-0.25, -0.2) is 9.18 Å². The molecule has 98 valence electrons. The van der Waals surface area contributed by atoms with Gasteiger partial charge in [-0.2, -0.15) is 0 Å². The number of urea groups is 1. The van der Waals surface area contributed by atoms with Crippen LogP contribution in [0.1, 0.15) is 0 Å². The molecule has 0 spiro atoms. The van der Waals surface area contributed by atoms with Crippen LogP contribution < -0.4 is 10.0 Å². The van der Waals surface area contributed by atoms with E-state index in [1.165, 1.54) is 12.1 Å². The van der Waals surface area contributed by atoms with E-state index in [4.69, 9.17) is 11.6 Å². The Morgan fingerprint density at radius 2 is 1.89 bits per heavy atom. The summed E-state index contributed by atoms with van der Waals surface area (Å²) >= 11 is 6.77. The second-order valence-corrected chi connectivity index (χ2v) is 4.94. The number of halogens is 2. The number of nitrogens with one attached hydrogen (secondary N) is 2. The van der Waals surface area contributed by atoms with Crippen LogP contribution in [0.15, 0.2) is 53.4 Å². The molecule has 0 aliphatic rings. The molecule has 0 fully saturated rings. The van der Waals surface area contributed by atoms with E-state index in [1.807, 2.05) is 0 Å². The fraction of sp³-hybridized carbons (Fsp3) is 0. The molecule has 0 atom stereocenters. The van der Waals surface area contributed by atoms with E-state index in [2.05, 4.69) is 10.0 Å². The highest BCUT2D eigenvalue weighted by Crippen LogP contribution is 2.16. The number of carbonyl (C=O) groups excluding carboxylic acids is 1. The summed E-state index contributed by atoms with van der Waals surface area (Å²) in [5, 5.41) is 3.23. The van der Waals surface area contributed by atoms with Crippen molar-refractivity contribution < 1.29 is 9.18 Å². The number of amides is 2. The summed E-state index contributed by atoms with van der Waals surface area (Å²) in [5.41, 5.74) is 0.627. The van der Waals surface area contributed by atoms with Gasteiger partial charge in [0.1, 0.15) is 5.82 Å². The van der Waals surface area contributed by atoms with E-state index < -0.39 is 6.03 Å². The zero-order valence-corrected chi connectivity index (χ0v) is 11.3. The molecule has 2 amide bonds. The number of rotatable bonds is 3. The summed E-state index contributed by atoms with van der Waals surface area (Å²) in [6.45, 7) is 0. The van der Waals surface area contributed by atoms with E-state index in [-0.39, 0.29) is 5.82 Å². The van der Waals surface area contributed by atoms with E-state index in [0.29, 0.717) is 15.6 Å². The van der Waals surface area contributed by atoms with E-state index in [9.17, 15) is 9.18 Å². The highest BCUT2D eigenvalue weighted by molar-refractivity contribution is 7.98. The molecule has 0 bridgehead atoms. The number of carbonyl (C=O) groups is 1. The van der Waals surface area contributed by atoms with Gasteiger partial charge in [0, 0.05) is 15.6 Å². The molecule has 0 radical (unpaired) electrons. The predicted molar refractivity (Wildman–Crippen MR) is 75.9 cm³/mol. The largest absolute Gasteiger partial charge is 0.329 e. The molecule has 2 rings (SSSR count). The van der Waals surface area contributed by atoms with Gasteiger partial charge in [0.05, 0.1) is 0 Å². The van der Waals surface area contributed by atoms with Crippen LogP contribution in [0.2, 0.25) is 5.02 Å². The first-order valence-electron chi connectivity index (χ1n) is 5.38. The second-order valence-electron chi connectivity index (χ2n) is 3.62. The Balaban J connectivity index is 1.86. The van der Waals surface area contributed by atoms with Crippen molar-refractivity contribution in [1.82, 2.24) is 4.72 Å². The standard InChI is InChI=1S/C13H10ClFN2OS/c14-9-4-6-11(7-5-9)16-13(18)17-19-12-3-1-2-10(15)8-12/h1-8H,(H2,16,17,18). The van der Waals surface area contributed by atoms with Gasteiger partial charge in [-0.15, -0.1) is 0 Å². The molecule has 2 N–H and O–H groups in total. The zero-order chi connectivity index (χ0) is 13.7. The van der Waals surface area contributed by atoms with Gasteiger partial charge in [-0.3, -0.25) is 4.72 Å². The van der Waals surface area contributed by atoms with Gasteiger partial charge >= 0.3 is 6.03 Å².